The van der Waals surface area contributed by atoms with Crippen molar-refractivity contribution in [3.05, 3.63) is 90.4 Å². The van der Waals surface area contributed by atoms with Crippen LogP contribution in [0.1, 0.15) is 18.1 Å². The first-order valence-electron chi connectivity index (χ1n) is 9.51. The van der Waals surface area contributed by atoms with E-state index in [4.69, 9.17) is 4.74 Å². The van der Waals surface area contributed by atoms with E-state index in [1.54, 1.807) is 37.3 Å². The summed E-state index contributed by atoms with van der Waals surface area (Å²) in [7, 11) is -3.59. The van der Waals surface area contributed by atoms with Crippen molar-refractivity contribution < 1.29 is 17.6 Å². The lowest BCUT2D eigenvalue weighted by Crippen LogP contribution is -2.40. The Morgan fingerprint density at radius 2 is 1.83 bits per heavy atom. The molecule has 0 saturated heterocycles. The van der Waals surface area contributed by atoms with Gasteiger partial charge >= 0.3 is 0 Å². The van der Waals surface area contributed by atoms with Crippen molar-refractivity contribution >= 4 is 15.7 Å². The predicted molar refractivity (Wildman–Crippen MR) is 113 cm³/mol. The Morgan fingerprint density at radius 3 is 2.55 bits per heavy atom. The van der Waals surface area contributed by atoms with Crippen LogP contribution in [0, 0.1) is 6.92 Å². The van der Waals surface area contributed by atoms with Crippen LogP contribution in [0.2, 0.25) is 0 Å². The van der Waals surface area contributed by atoms with E-state index >= 15 is 0 Å². The fourth-order valence-corrected chi connectivity index (χ4v) is 5.11. The molecule has 0 spiro atoms. The number of fused-ring (bicyclic) bond motifs is 1. The van der Waals surface area contributed by atoms with Gasteiger partial charge in [0, 0.05) is 11.6 Å². The van der Waals surface area contributed by atoms with Crippen molar-refractivity contribution in [1.82, 2.24) is 0 Å². The lowest BCUT2D eigenvalue weighted by atomic mass is 10.1. The molecular weight excluding hydrogens is 384 g/mol. The third kappa shape index (κ3) is 3.57. The van der Waals surface area contributed by atoms with Crippen molar-refractivity contribution in [2.24, 2.45) is 4.99 Å². The van der Waals surface area contributed by atoms with Crippen LogP contribution in [0.3, 0.4) is 0 Å². The number of hydrogen-bond acceptors (Lipinski definition) is 4. The molecule has 4 rings (SSSR count). The molecule has 0 aliphatic carbocycles. The summed E-state index contributed by atoms with van der Waals surface area (Å²) in [4.78, 5) is 5.00. The highest BCUT2D eigenvalue weighted by Gasteiger charge is 2.33. The molecule has 0 amide bonds. The third-order valence-electron chi connectivity index (χ3n) is 5.10. The first kappa shape index (κ1) is 19.4. The van der Waals surface area contributed by atoms with Crippen molar-refractivity contribution in [3.8, 4) is 5.75 Å². The Morgan fingerprint density at radius 1 is 1.03 bits per heavy atom. The molecule has 0 aromatic heterocycles. The molecule has 0 saturated carbocycles. The Balaban J connectivity index is 1.59. The van der Waals surface area contributed by atoms with E-state index in [1.165, 1.54) is 0 Å². The first-order valence-corrected chi connectivity index (χ1v) is 11.0. The van der Waals surface area contributed by atoms with E-state index in [1.807, 2.05) is 49.7 Å². The van der Waals surface area contributed by atoms with Gasteiger partial charge in [-0.1, -0.05) is 12.1 Å². The smallest absolute Gasteiger partial charge is 0.237 e. The van der Waals surface area contributed by atoms with Gasteiger partial charge in [-0.3, -0.25) is 0 Å². The highest BCUT2D eigenvalue weighted by Crippen LogP contribution is 2.29. The number of aryl methyl sites for hydroxylation is 1. The summed E-state index contributed by atoms with van der Waals surface area (Å²) in [6.45, 7) is 4.91. The van der Waals surface area contributed by atoms with Gasteiger partial charge in [0.15, 0.2) is 0 Å². The van der Waals surface area contributed by atoms with Crippen molar-refractivity contribution in [3.63, 3.8) is 0 Å². The Kier molecular flexibility index (Phi) is 4.98. The van der Waals surface area contributed by atoms with Crippen molar-refractivity contribution in [1.29, 1.82) is 0 Å². The monoisotopic (exact) mass is 407 g/mol. The average molecular weight is 408 g/mol. The predicted octanol–water partition coefficient (Wildman–Crippen LogP) is 4.51. The van der Waals surface area contributed by atoms with Crippen LogP contribution in [0.15, 0.2) is 94.1 Å². The van der Waals surface area contributed by atoms with Crippen LogP contribution in [0.5, 0.6) is 5.75 Å². The van der Waals surface area contributed by atoms with E-state index in [-0.39, 0.29) is 4.90 Å². The summed E-state index contributed by atoms with van der Waals surface area (Å²) >= 11 is 0. The van der Waals surface area contributed by atoms with Gasteiger partial charge in [0.2, 0.25) is 15.7 Å². The highest BCUT2D eigenvalue weighted by atomic mass is 32.2. The van der Waals surface area contributed by atoms with Gasteiger partial charge in [-0.2, -0.15) is 4.99 Å². The molecule has 5 nitrogen and oxygen atoms in total. The van der Waals surface area contributed by atoms with Crippen LogP contribution in [0.4, 0.5) is 0 Å². The van der Waals surface area contributed by atoms with Gasteiger partial charge in [0.1, 0.15) is 24.7 Å². The van der Waals surface area contributed by atoms with E-state index in [0.717, 1.165) is 11.4 Å². The normalized spacial score (nSPS) is 19.9. The van der Waals surface area contributed by atoms with Crippen LogP contribution in [-0.4, -0.2) is 25.3 Å². The van der Waals surface area contributed by atoms with Gasteiger partial charge in [-0.05, 0) is 61.9 Å². The number of rotatable bonds is 6. The van der Waals surface area contributed by atoms with Gasteiger partial charge < -0.3 is 4.74 Å². The van der Waals surface area contributed by atoms with E-state index in [9.17, 15) is 8.42 Å². The van der Waals surface area contributed by atoms with Crippen LogP contribution in [0.25, 0.3) is 0 Å². The maximum atomic E-state index is 13.1. The molecule has 2 aliphatic rings. The first-order chi connectivity index (χ1) is 13.9. The zero-order valence-corrected chi connectivity index (χ0v) is 17.3. The third-order valence-corrected chi connectivity index (χ3v) is 7.03. The van der Waals surface area contributed by atoms with Gasteiger partial charge in [-0.15, -0.1) is 0 Å². The lowest BCUT2D eigenvalue weighted by molar-refractivity contribution is -0.743. The lowest BCUT2D eigenvalue weighted by Gasteiger charge is -2.28. The van der Waals surface area contributed by atoms with Crippen molar-refractivity contribution in [2.45, 2.75) is 30.2 Å². The van der Waals surface area contributed by atoms with Crippen LogP contribution < -0.4 is 4.74 Å². The SMILES string of the molecule is CCOc1ccc(S(=O)(=O)c2ccc(C[N+]34C=CC=CC3=NC=C4)cc2)c(C)c1. The maximum Gasteiger partial charge on any atom is 0.237 e. The standard InChI is InChI=1S/C23H23N2O3S/c1-3-28-20-9-12-22(18(2)16-20)29(26,27)21-10-7-19(8-11-21)17-25-14-5-4-6-23(25)24-13-15-25/h4-16H,3,17H2,1-2H3/q+1. The molecule has 29 heavy (non-hydrogen) atoms. The minimum absolute atomic E-state index is 0.286. The van der Waals surface area contributed by atoms with E-state index < -0.39 is 9.84 Å². The second-order valence-corrected chi connectivity index (χ2v) is 9.00. The number of sulfone groups is 1. The average Bonchev–Trinajstić information content (AvgIpc) is 3.12. The fraction of sp³-hybridized carbons (Fsp3) is 0.174. The minimum atomic E-state index is -3.59. The summed E-state index contributed by atoms with van der Waals surface area (Å²) in [6.07, 6.45) is 11.9. The topological polar surface area (TPSA) is 55.7 Å². The van der Waals surface area contributed by atoms with Crippen LogP contribution in [-0.2, 0) is 16.4 Å². The summed E-state index contributed by atoms with van der Waals surface area (Å²) in [5, 5.41) is 0. The minimum Gasteiger partial charge on any atom is -0.494 e. The fourth-order valence-electron chi connectivity index (χ4n) is 3.63. The number of quaternary nitrogens is 1. The molecule has 148 valence electrons. The van der Waals surface area contributed by atoms with Gasteiger partial charge in [-0.25, -0.2) is 12.9 Å². The molecular formula is C23H23N2O3S+. The molecule has 1 atom stereocenters. The second kappa shape index (κ2) is 7.46. The summed E-state index contributed by atoms with van der Waals surface area (Å²) in [5.41, 5.74) is 1.71. The zero-order chi connectivity index (χ0) is 20.5. The molecule has 2 aromatic rings. The number of aliphatic imine (C=N–C) groups is 1. The second-order valence-electron chi connectivity index (χ2n) is 7.08. The number of hydrogen-bond donors (Lipinski definition) is 0. The van der Waals surface area contributed by atoms with Gasteiger partial charge in [0.25, 0.3) is 0 Å². The molecule has 1 unspecified atom stereocenters. The van der Waals surface area contributed by atoms with Crippen molar-refractivity contribution in [2.75, 3.05) is 6.61 Å². The maximum absolute atomic E-state index is 13.1. The number of benzene rings is 2. The molecule has 0 bridgehead atoms. The molecule has 0 fully saturated rings. The molecule has 2 aromatic carbocycles. The summed E-state index contributed by atoms with van der Waals surface area (Å²) in [6, 6.07) is 12.2. The highest BCUT2D eigenvalue weighted by molar-refractivity contribution is 7.91. The molecule has 6 heteroatoms. The number of allylic oxidation sites excluding steroid dienone is 2. The largest absolute Gasteiger partial charge is 0.494 e. The number of amidine groups is 1. The van der Waals surface area contributed by atoms with Crippen LogP contribution >= 0.6 is 0 Å². The Bertz CT molecular complexity index is 1160. The number of nitrogens with zero attached hydrogens (tertiary/aromatic N) is 2. The molecule has 0 N–H and O–H groups in total. The summed E-state index contributed by atoms with van der Waals surface area (Å²) < 4.78 is 32.2. The number of ether oxygens (including phenoxy) is 1. The van der Waals surface area contributed by atoms with E-state index in [0.29, 0.717) is 33.8 Å². The Hall–Kier alpha value is -2.96. The Labute approximate surface area is 171 Å². The quantitative estimate of drug-likeness (QED) is 0.662. The van der Waals surface area contributed by atoms with Gasteiger partial charge in [0.05, 0.1) is 22.6 Å². The zero-order valence-electron chi connectivity index (χ0n) is 16.4. The molecule has 0 radical (unpaired) electrons. The van der Waals surface area contributed by atoms with E-state index in [2.05, 4.69) is 11.2 Å². The summed E-state index contributed by atoms with van der Waals surface area (Å²) in [5.74, 6) is 1.63. The molecule has 2 aliphatic heterocycles. The molecule has 2 heterocycles.